The summed E-state index contributed by atoms with van der Waals surface area (Å²) >= 11 is 0. The van der Waals surface area contributed by atoms with Crippen molar-refractivity contribution in [2.24, 2.45) is 5.16 Å². The lowest BCUT2D eigenvalue weighted by molar-refractivity contribution is -0.384. The number of benzene rings is 1. The molecule has 0 aliphatic rings. The first-order valence-corrected chi connectivity index (χ1v) is 5.36. The van der Waals surface area contributed by atoms with Crippen LogP contribution in [0.25, 0.3) is 11.0 Å². The summed E-state index contributed by atoms with van der Waals surface area (Å²) in [6, 6.07) is 3.95. The highest BCUT2D eigenvalue weighted by Crippen LogP contribution is 2.24. The summed E-state index contributed by atoms with van der Waals surface area (Å²) in [5.74, 6) is 0. The molecular formula is C12H10N2O5. The van der Waals surface area contributed by atoms with Crippen LogP contribution >= 0.6 is 0 Å². The van der Waals surface area contributed by atoms with E-state index in [9.17, 15) is 14.9 Å². The molecule has 0 spiro atoms. The van der Waals surface area contributed by atoms with E-state index in [1.807, 2.05) is 0 Å². The van der Waals surface area contributed by atoms with Gasteiger partial charge in [-0.2, -0.15) is 0 Å². The van der Waals surface area contributed by atoms with Gasteiger partial charge in [0.1, 0.15) is 5.58 Å². The number of rotatable bonds is 2. The molecule has 98 valence electrons. The maximum Gasteiger partial charge on any atom is 0.345 e. The van der Waals surface area contributed by atoms with Crippen molar-refractivity contribution >= 4 is 22.4 Å². The van der Waals surface area contributed by atoms with Gasteiger partial charge in [0.15, 0.2) is 0 Å². The number of fused-ring (bicyclic) bond motifs is 1. The predicted octanol–water partition coefficient (Wildman–Crippen LogP) is 2.21. The molecule has 7 nitrogen and oxygen atoms in total. The summed E-state index contributed by atoms with van der Waals surface area (Å²) in [7, 11) is 0. The molecular weight excluding hydrogens is 252 g/mol. The first kappa shape index (κ1) is 12.7. The van der Waals surface area contributed by atoms with E-state index in [-0.39, 0.29) is 22.5 Å². The summed E-state index contributed by atoms with van der Waals surface area (Å²) in [6.07, 6.45) is 0. The molecule has 0 aliphatic carbocycles. The lowest BCUT2D eigenvalue weighted by Crippen LogP contribution is -2.15. The van der Waals surface area contributed by atoms with Crippen LogP contribution in [0.15, 0.2) is 32.6 Å². The van der Waals surface area contributed by atoms with E-state index in [0.717, 1.165) is 0 Å². The van der Waals surface area contributed by atoms with Gasteiger partial charge in [-0.3, -0.25) is 10.1 Å². The molecule has 0 bridgehead atoms. The highest BCUT2D eigenvalue weighted by Gasteiger charge is 2.16. The van der Waals surface area contributed by atoms with Crippen LogP contribution in [0.2, 0.25) is 0 Å². The Balaban J connectivity index is 2.88. The Morgan fingerprint density at radius 2 is 2.16 bits per heavy atom. The molecule has 1 aromatic heterocycles. The normalized spacial score (nSPS) is 11.8. The molecule has 0 aliphatic heterocycles. The Labute approximate surface area is 106 Å². The molecule has 0 radical (unpaired) electrons. The zero-order chi connectivity index (χ0) is 14.2. The van der Waals surface area contributed by atoms with Gasteiger partial charge >= 0.3 is 5.63 Å². The zero-order valence-electron chi connectivity index (χ0n) is 10.2. The van der Waals surface area contributed by atoms with E-state index in [4.69, 9.17) is 9.62 Å². The number of nitrogens with zero attached hydrogens (tertiary/aromatic N) is 2. The third-order valence-corrected chi connectivity index (χ3v) is 2.87. The number of hydrogen-bond acceptors (Lipinski definition) is 6. The van der Waals surface area contributed by atoms with E-state index < -0.39 is 10.5 Å². The Bertz CT molecular complexity index is 761. The van der Waals surface area contributed by atoms with Crippen molar-refractivity contribution < 1.29 is 14.5 Å². The van der Waals surface area contributed by atoms with Crippen molar-refractivity contribution in [2.45, 2.75) is 13.8 Å². The van der Waals surface area contributed by atoms with Crippen LogP contribution in [0.1, 0.15) is 18.1 Å². The fraction of sp³-hybridized carbons (Fsp3) is 0.167. The standard InChI is InChI=1S/C12H10N2O5/c1-6-9-5-8(14(17)18)3-4-10(9)19-12(15)11(6)7(2)13-16/h3-5,16H,1-2H3/b13-7+. The quantitative estimate of drug-likeness (QED) is 0.293. The Kier molecular flexibility index (Phi) is 3.04. The van der Waals surface area contributed by atoms with Crippen molar-refractivity contribution in [3.8, 4) is 0 Å². The largest absolute Gasteiger partial charge is 0.422 e. The minimum atomic E-state index is -0.644. The SMILES string of the molecule is C/C(=N\O)c1c(C)c2cc([N+](=O)[O-])ccc2oc1=O. The third kappa shape index (κ3) is 2.05. The molecule has 0 unspecified atom stereocenters. The summed E-state index contributed by atoms with van der Waals surface area (Å²) < 4.78 is 5.06. The Morgan fingerprint density at radius 1 is 1.47 bits per heavy atom. The van der Waals surface area contributed by atoms with E-state index in [0.29, 0.717) is 10.9 Å². The van der Waals surface area contributed by atoms with Crippen LogP contribution in [-0.2, 0) is 0 Å². The number of oxime groups is 1. The van der Waals surface area contributed by atoms with Crippen molar-refractivity contribution in [2.75, 3.05) is 0 Å². The molecule has 0 fully saturated rings. The smallest absolute Gasteiger partial charge is 0.345 e. The van der Waals surface area contributed by atoms with Crippen LogP contribution in [-0.4, -0.2) is 15.8 Å². The van der Waals surface area contributed by atoms with Gasteiger partial charge in [0.25, 0.3) is 5.69 Å². The number of non-ortho nitro benzene ring substituents is 1. The molecule has 2 rings (SSSR count). The van der Waals surface area contributed by atoms with Gasteiger partial charge in [0, 0.05) is 17.5 Å². The Morgan fingerprint density at radius 3 is 2.74 bits per heavy atom. The summed E-state index contributed by atoms with van der Waals surface area (Å²) in [5.41, 5.74) is 0.186. The second kappa shape index (κ2) is 4.52. The molecule has 0 saturated heterocycles. The van der Waals surface area contributed by atoms with Crippen LogP contribution in [0, 0.1) is 17.0 Å². The van der Waals surface area contributed by atoms with Gasteiger partial charge in [0.2, 0.25) is 0 Å². The second-order valence-electron chi connectivity index (χ2n) is 4.01. The average Bonchev–Trinajstić information content (AvgIpc) is 2.37. The van der Waals surface area contributed by atoms with Crippen LogP contribution < -0.4 is 5.63 Å². The van der Waals surface area contributed by atoms with Gasteiger partial charge in [-0.1, -0.05) is 5.16 Å². The maximum absolute atomic E-state index is 11.8. The van der Waals surface area contributed by atoms with E-state index in [1.165, 1.54) is 25.1 Å². The van der Waals surface area contributed by atoms with Crippen molar-refractivity contribution in [1.82, 2.24) is 0 Å². The molecule has 0 saturated carbocycles. The maximum atomic E-state index is 11.8. The minimum absolute atomic E-state index is 0.0969. The molecule has 1 heterocycles. The van der Waals surface area contributed by atoms with E-state index in [2.05, 4.69) is 5.16 Å². The van der Waals surface area contributed by atoms with Gasteiger partial charge in [-0.05, 0) is 25.5 Å². The van der Waals surface area contributed by atoms with E-state index in [1.54, 1.807) is 6.92 Å². The van der Waals surface area contributed by atoms with Crippen molar-refractivity contribution in [3.63, 3.8) is 0 Å². The molecule has 2 aromatic rings. The summed E-state index contributed by atoms with van der Waals surface area (Å²) in [5, 5.41) is 22.9. The van der Waals surface area contributed by atoms with Crippen molar-refractivity contribution in [3.05, 3.63) is 49.9 Å². The minimum Gasteiger partial charge on any atom is -0.422 e. The monoisotopic (exact) mass is 262 g/mol. The van der Waals surface area contributed by atoms with Gasteiger partial charge < -0.3 is 9.62 Å². The topological polar surface area (TPSA) is 106 Å². The van der Waals surface area contributed by atoms with Crippen LogP contribution in [0.4, 0.5) is 5.69 Å². The molecule has 0 amide bonds. The molecule has 1 N–H and O–H groups in total. The molecule has 19 heavy (non-hydrogen) atoms. The lowest BCUT2D eigenvalue weighted by Gasteiger charge is -2.06. The first-order chi connectivity index (χ1) is 8.95. The summed E-state index contributed by atoms with van der Waals surface area (Å²) in [6.45, 7) is 3.06. The van der Waals surface area contributed by atoms with Crippen LogP contribution in [0.3, 0.4) is 0 Å². The lowest BCUT2D eigenvalue weighted by atomic mass is 10.0. The second-order valence-corrected chi connectivity index (χ2v) is 4.01. The highest BCUT2D eigenvalue weighted by molar-refractivity contribution is 6.02. The van der Waals surface area contributed by atoms with Gasteiger partial charge in [-0.25, -0.2) is 4.79 Å². The fourth-order valence-corrected chi connectivity index (χ4v) is 1.92. The fourth-order valence-electron chi connectivity index (χ4n) is 1.92. The van der Waals surface area contributed by atoms with E-state index >= 15 is 0 Å². The number of nitro benzene ring substituents is 1. The first-order valence-electron chi connectivity index (χ1n) is 5.36. The van der Waals surface area contributed by atoms with Gasteiger partial charge in [-0.15, -0.1) is 0 Å². The van der Waals surface area contributed by atoms with Crippen LogP contribution in [0.5, 0.6) is 0 Å². The van der Waals surface area contributed by atoms with Crippen molar-refractivity contribution in [1.29, 1.82) is 0 Å². The van der Waals surface area contributed by atoms with Gasteiger partial charge in [0.05, 0.1) is 16.2 Å². The predicted molar refractivity (Wildman–Crippen MR) is 67.9 cm³/mol. The number of aryl methyl sites for hydroxylation is 1. The summed E-state index contributed by atoms with van der Waals surface area (Å²) in [4.78, 5) is 22.0. The Hall–Kier alpha value is -2.70. The molecule has 1 aromatic carbocycles. The average molecular weight is 262 g/mol. The molecule has 0 atom stereocenters. The molecule has 7 heteroatoms. The zero-order valence-corrected chi connectivity index (χ0v) is 10.2. The number of nitro groups is 1. The third-order valence-electron chi connectivity index (χ3n) is 2.87. The number of hydrogen-bond donors (Lipinski definition) is 1. The highest BCUT2D eigenvalue weighted by atomic mass is 16.6.